The molecule has 0 spiro atoms. The topological polar surface area (TPSA) is 59.6 Å². The number of H-pyrrole nitrogens is 1. The first-order chi connectivity index (χ1) is 10.2. The highest BCUT2D eigenvalue weighted by Gasteiger charge is 2.18. The molecule has 2 aromatic carbocycles. The summed E-state index contributed by atoms with van der Waals surface area (Å²) >= 11 is 0. The maximum absolute atomic E-state index is 6.17. The van der Waals surface area contributed by atoms with Crippen molar-refractivity contribution in [3.8, 4) is 11.3 Å². The van der Waals surface area contributed by atoms with Gasteiger partial charge in [0.2, 0.25) is 0 Å². The van der Waals surface area contributed by atoms with Crippen LogP contribution in [0.2, 0.25) is 0 Å². The van der Waals surface area contributed by atoms with Crippen molar-refractivity contribution in [2.45, 2.75) is 6.92 Å². The van der Waals surface area contributed by atoms with E-state index in [4.69, 9.17) is 5.73 Å². The molecule has 2 heterocycles. The molecular formula is C17H16N4. The van der Waals surface area contributed by atoms with Crippen LogP contribution in [-0.2, 0) is 7.05 Å². The third kappa shape index (κ3) is 1.53. The number of anilines is 1. The molecule has 4 rings (SSSR count). The maximum atomic E-state index is 6.17. The maximum Gasteiger partial charge on any atom is 0.104 e. The van der Waals surface area contributed by atoms with Crippen molar-refractivity contribution in [1.29, 1.82) is 0 Å². The summed E-state index contributed by atoms with van der Waals surface area (Å²) in [5.74, 6) is 0. The fourth-order valence-electron chi connectivity index (χ4n) is 3.10. The molecule has 0 saturated carbocycles. The van der Waals surface area contributed by atoms with Gasteiger partial charge in [0.1, 0.15) is 5.69 Å². The Morgan fingerprint density at radius 1 is 1.10 bits per heavy atom. The van der Waals surface area contributed by atoms with E-state index < -0.39 is 0 Å². The zero-order valence-corrected chi connectivity index (χ0v) is 12.0. The first kappa shape index (κ1) is 12.0. The molecule has 0 unspecified atom stereocenters. The smallest absolute Gasteiger partial charge is 0.104 e. The molecule has 0 aliphatic carbocycles. The van der Waals surface area contributed by atoms with Crippen LogP contribution in [0.1, 0.15) is 5.69 Å². The fourth-order valence-corrected chi connectivity index (χ4v) is 3.10. The molecule has 0 aliphatic heterocycles. The largest absolute Gasteiger partial charge is 0.398 e. The molecule has 4 nitrogen and oxygen atoms in total. The Bertz CT molecular complexity index is 975. The van der Waals surface area contributed by atoms with Crippen LogP contribution in [0.5, 0.6) is 0 Å². The number of aromatic amines is 1. The number of rotatable bonds is 1. The second kappa shape index (κ2) is 4.12. The second-order valence-electron chi connectivity index (χ2n) is 5.38. The van der Waals surface area contributed by atoms with Gasteiger partial charge < -0.3 is 10.3 Å². The van der Waals surface area contributed by atoms with Crippen LogP contribution in [0.3, 0.4) is 0 Å². The summed E-state index contributed by atoms with van der Waals surface area (Å²) in [6.45, 7) is 2.12. The highest BCUT2D eigenvalue weighted by atomic mass is 15.1. The van der Waals surface area contributed by atoms with Crippen LogP contribution in [0, 0.1) is 6.92 Å². The number of para-hydroxylation sites is 1. The summed E-state index contributed by atoms with van der Waals surface area (Å²) in [4.78, 5) is 0. The number of hydrogen-bond donors (Lipinski definition) is 2. The Morgan fingerprint density at radius 2 is 1.90 bits per heavy atom. The third-order valence-corrected chi connectivity index (χ3v) is 4.26. The number of nitrogen functional groups attached to an aromatic ring is 1. The van der Waals surface area contributed by atoms with Gasteiger partial charge in [-0.2, -0.15) is 5.10 Å². The number of nitrogens with one attached hydrogen (secondary N) is 1. The van der Waals surface area contributed by atoms with E-state index in [1.807, 2.05) is 18.2 Å². The lowest BCUT2D eigenvalue weighted by Gasteiger charge is -2.02. The van der Waals surface area contributed by atoms with E-state index in [1.165, 1.54) is 16.6 Å². The van der Waals surface area contributed by atoms with E-state index in [-0.39, 0.29) is 0 Å². The Balaban J connectivity index is 2.17. The Morgan fingerprint density at radius 3 is 2.76 bits per heavy atom. The van der Waals surface area contributed by atoms with E-state index in [0.717, 1.165) is 27.8 Å². The van der Waals surface area contributed by atoms with Crippen LogP contribution in [0.15, 0.2) is 42.5 Å². The molecule has 4 aromatic rings. The number of fused-ring (bicyclic) bond motifs is 2. The summed E-state index contributed by atoms with van der Waals surface area (Å²) in [6.07, 6.45) is 0. The van der Waals surface area contributed by atoms with Crippen molar-refractivity contribution in [3.63, 3.8) is 0 Å². The predicted molar refractivity (Wildman–Crippen MR) is 87.2 cm³/mol. The zero-order chi connectivity index (χ0) is 14.6. The lowest BCUT2D eigenvalue weighted by Crippen LogP contribution is -1.91. The van der Waals surface area contributed by atoms with Gasteiger partial charge >= 0.3 is 0 Å². The van der Waals surface area contributed by atoms with E-state index in [9.17, 15) is 0 Å². The minimum atomic E-state index is 0.753. The van der Waals surface area contributed by atoms with Gasteiger partial charge in [-0.05, 0) is 25.1 Å². The molecule has 4 heteroatoms. The van der Waals surface area contributed by atoms with Gasteiger partial charge in [0.15, 0.2) is 0 Å². The predicted octanol–water partition coefficient (Wildman–Crippen LogP) is 3.61. The van der Waals surface area contributed by atoms with E-state index >= 15 is 0 Å². The van der Waals surface area contributed by atoms with Gasteiger partial charge in [-0.15, -0.1) is 0 Å². The first-order valence-corrected chi connectivity index (χ1v) is 6.95. The molecule has 104 valence electrons. The molecule has 3 N–H and O–H groups in total. The van der Waals surface area contributed by atoms with Crippen molar-refractivity contribution in [1.82, 2.24) is 14.8 Å². The molecule has 0 radical (unpaired) electrons. The molecule has 2 aromatic heterocycles. The number of aryl methyl sites for hydroxylation is 1. The van der Waals surface area contributed by atoms with Gasteiger partial charge in [0.25, 0.3) is 0 Å². The Hall–Kier alpha value is -2.75. The Labute approximate surface area is 122 Å². The number of nitrogens with zero attached hydrogens (tertiary/aromatic N) is 2. The monoisotopic (exact) mass is 276 g/mol. The minimum absolute atomic E-state index is 0.753. The first-order valence-electron chi connectivity index (χ1n) is 6.95. The molecule has 21 heavy (non-hydrogen) atoms. The van der Waals surface area contributed by atoms with Crippen LogP contribution in [-0.4, -0.2) is 14.8 Å². The van der Waals surface area contributed by atoms with Crippen molar-refractivity contribution >= 4 is 27.5 Å². The van der Waals surface area contributed by atoms with Crippen molar-refractivity contribution in [2.75, 3.05) is 5.73 Å². The number of aromatic nitrogens is 3. The van der Waals surface area contributed by atoms with Gasteiger partial charge in [0.05, 0.1) is 10.9 Å². The van der Waals surface area contributed by atoms with Gasteiger partial charge in [0, 0.05) is 34.9 Å². The zero-order valence-electron chi connectivity index (χ0n) is 12.0. The molecular weight excluding hydrogens is 260 g/mol. The van der Waals surface area contributed by atoms with Crippen molar-refractivity contribution in [3.05, 3.63) is 48.2 Å². The number of nitrogens with two attached hydrogens (primary N) is 1. The summed E-state index contributed by atoms with van der Waals surface area (Å²) in [7, 11) is 2.08. The molecule has 0 fully saturated rings. The number of hydrogen-bond acceptors (Lipinski definition) is 2. The van der Waals surface area contributed by atoms with Crippen LogP contribution < -0.4 is 5.73 Å². The van der Waals surface area contributed by atoms with E-state index in [0.29, 0.717) is 0 Å². The average molecular weight is 276 g/mol. The van der Waals surface area contributed by atoms with E-state index in [2.05, 4.69) is 53.0 Å². The molecule has 0 amide bonds. The SMILES string of the molecule is Cc1c(-c2n[nH]c3cccc(N)c23)c2ccccc2n1C. The van der Waals surface area contributed by atoms with Gasteiger partial charge in [-0.1, -0.05) is 24.3 Å². The standard InChI is InChI=1S/C17H16N4/c1-10-15(11-6-3-4-9-14(11)21(10)2)17-16-12(18)7-5-8-13(16)19-20-17/h3-9H,18H2,1-2H3,(H,19,20). The minimum Gasteiger partial charge on any atom is -0.398 e. The highest BCUT2D eigenvalue weighted by molar-refractivity contribution is 6.08. The molecule has 0 bridgehead atoms. The summed E-state index contributed by atoms with van der Waals surface area (Å²) < 4.78 is 2.20. The lowest BCUT2D eigenvalue weighted by molar-refractivity contribution is 0.918. The van der Waals surface area contributed by atoms with Crippen molar-refractivity contribution in [2.24, 2.45) is 7.05 Å². The second-order valence-corrected chi connectivity index (χ2v) is 5.38. The Kier molecular flexibility index (Phi) is 2.36. The quantitative estimate of drug-likeness (QED) is 0.522. The highest BCUT2D eigenvalue weighted by Crippen LogP contribution is 2.38. The van der Waals surface area contributed by atoms with Gasteiger partial charge in [-0.25, -0.2) is 0 Å². The van der Waals surface area contributed by atoms with Crippen LogP contribution in [0.25, 0.3) is 33.1 Å². The molecule has 0 saturated heterocycles. The normalized spacial score (nSPS) is 11.5. The third-order valence-electron chi connectivity index (χ3n) is 4.26. The average Bonchev–Trinajstić information content (AvgIpc) is 3.02. The summed E-state index contributed by atoms with van der Waals surface area (Å²) in [6, 6.07) is 14.2. The lowest BCUT2D eigenvalue weighted by atomic mass is 10.0. The van der Waals surface area contributed by atoms with E-state index in [1.54, 1.807) is 0 Å². The molecule has 0 aliphatic rings. The fraction of sp³-hybridized carbons (Fsp3) is 0.118. The summed E-state index contributed by atoms with van der Waals surface area (Å²) in [5, 5.41) is 9.82. The number of benzene rings is 2. The van der Waals surface area contributed by atoms with Crippen LogP contribution >= 0.6 is 0 Å². The van der Waals surface area contributed by atoms with Crippen LogP contribution in [0.4, 0.5) is 5.69 Å². The summed E-state index contributed by atoms with van der Waals surface area (Å²) in [5.41, 5.74) is 12.4. The molecule has 0 atom stereocenters. The van der Waals surface area contributed by atoms with Gasteiger partial charge in [-0.3, -0.25) is 5.10 Å². The van der Waals surface area contributed by atoms with Crippen molar-refractivity contribution < 1.29 is 0 Å².